The molecule has 0 bridgehead atoms. The van der Waals surface area contributed by atoms with Crippen LogP contribution in [0.15, 0.2) is 35.6 Å². The highest BCUT2D eigenvalue weighted by Gasteiger charge is 2.09. The van der Waals surface area contributed by atoms with E-state index in [9.17, 15) is 4.79 Å². The number of amides is 1. The second kappa shape index (κ2) is 4.29. The summed E-state index contributed by atoms with van der Waals surface area (Å²) in [6.07, 6.45) is 3.28. The number of H-pyrrole nitrogens is 1. The molecule has 0 saturated carbocycles. The molecule has 0 unspecified atom stereocenters. The van der Waals surface area contributed by atoms with Crippen LogP contribution in [0, 0.1) is 5.41 Å². The molecule has 0 aliphatic heterocycles. The molecule has 0 atom stereocenters. The van der Waals surface area contributed by atoms with E-state index in [1.807, 2.05) is 0 Å². The Labute approximate surface area is 90.6 Å². The van der Waals surface area contributed by atoms with Gasteiger partial charge in [-0.25, -0.2) is 5.41 Å². The van der Waals surface area contributed by atoms with E-state index in [0.717, 1.165) is 5.56 Å². The molecule has 0 radical (unpaired) electrons. The van der Waals surface area contributed by atoms with Crippen LogP contribution in [0.4, 0.5) is 0 Å². The lowest BCUT2D eigenvalue weighted by Gasteiger charge is -1.91. The Balaban J connectivity index is 2.33. The molecule has 6 heteroatoms. The summed E-state index contributed by atoms with van der Waals surface area (Å²) in [7, 11) is 0. The number of aromatic amines is 1. The standard InChI is InChI=1S/C10H7N5O/c11-6-13-10(16)9-5-8(14-15-9)7-1-3-12-4-2-7/h1-5,11H,(H,14,15). The fourth-order valence-corrected chi connectivity index (χ4v) is 1.21. The topological polar surface area (TPSA) is 94.8 Å². The number of rotatable bonds is 2. The molecule has 78 valence electrons. The summed E-state index contributed by atoms with van der Waals surface area (Å²) >= 11 is 0. The van der Waals surface area contributed by atoms with Gasteiger partial charge >= 0.3 is 5.91 Å². The average Bonchev–Trinajstić information content (AvgIpc) is 2.80. The Bertz CT molecular complexity index is 554. The van der Waals surface area contributed by atoms with Crippen LogP contribution in [0.3, 0.4) is 0 Å². The monoisotopic (exact) mass is 213 g/mol. The lowest BCUT2D eigenvalue weighted by molar-refractivity contribution is 0.0999. The van der Waals surface area contributed by atoms with Crippen LogP contribution in [0.5, 0.6) is 0 Å². The van der Waals surface area contributed by atoms with Crippen LogP contribution in [0.2, 0.25) is 0 Å². The van der Waals surface area contributed by atoms with Gasteiger partial charge in [-0.05, 0) is 18.2 Å². The molecule has 16 heavy (non-hydrogen) atoms. The summed E-state index contributed by atoms with van der Waals surface area (Å²) in [5, 5.41) is 13.1. The number of hydrogen-bond acceptors (Lipinski definition) is 4. The third-order valence-electron chi connectivity index (χ3n) is 1.94. The van der Waals surface area contributed by atoms with Crippen molar-refractivity contribution in [2.45, 2.75) is 0 Å². The SMILES string of the molecule is N=C=NC(=O)c1cc(-c2ccncc2)n[nH]1. The Morgan fingerprint density at radius 2 is 2.19 bits per heavy atom. The highest BCUT2D eigenvalue weighted by molar-refractivity contribution is 5.96. The van der Waals surface area contributed by atoms with E-state index in [4.69, 9.17) is 5.41 Å². The van der Waals surface area contributed by atoms with Gasteiger partial charge in [-0.1, -0.05) is 0 Å². The molecule has 6 nitrogen and oxygen atoms in total. The summed E-state index contributed by atoms with van der Waals surface area (Å²) in [6.45, 7) is 0. The van der Waals surface area contributed by atoms with Crippen LogP contribution in [0.1, 0.15) is 10.5 Å². The van der Waals surface area contributed by atoms with Gasteiger partial charge in [0.25, 0.3) is 0 Å². The predicted octanol–water partition coefficient (Wildman–Crippen LogP) is 1.36. The fourth-order valence-electron chi connectivity index (χ4n) is 1.21. The van der Waals surface area contributed by atoms with Crippen molar-refractivity contribution in [3.8, 4) is 11.3 Å². The Morgan fingerprint density at radius 3 is 2.88 bits per heavy atom. The van der Waals surface area contributed by atoms with Crippen LogP contribution in [0.25, 0.3) is 11.3 Å². The molecule has 0 spiro atoms. The van der Waals surface area contributed by atoms with E-state index >= 15 is 0 Å². The third kappa shape index (κ3) is 1.92. The minimum absolute atomic E-state index is 0.228. The minimum atomic E-state index is -0.567. The van der Waals surface area contributed by atoms with Gasteiger partial charge in [0.2, 0.25) is 0 Å². The number of hydrogen-bond donors (Lipinski definition) is 2. The fraction of sp³-hybridized carbons (Fsp3) is 0. The van der Waals surface area contributed by atoms with Crippen molar-refractivity contribution >= 4 is 11.9 Å². The minimum Gasteiger partial charge on any atom is -0.272 e. The van der Waals surface area contributed by atoms with Crippen molar-refractivity contribution in [3.05, 3.63) is 36.3 Å². The zero-order valence-corrected chi connectivity index (χ0v) is 8.14. The van der Waals surface area contributed by atoms with Gasteiger partial charge in [-0.15, -0.1) is 4.99 Å². The molecule has 0 aliphatic rings. The van der Waals surface area contributed by atoms with Gasteiger partial charge in [0.05, 0.1) is 11.7 Å². The number of carbonyl (C=O) groups is 1. The number of aliphatic imine (C=N–C) groups is 1. The first kappa shape index (κ1) is 9.95. The van der Waals surface area contributed by atoms with Crippen molar-refractivity contribution in [2.24, 2.45) is 4.99 Å². The number of pyridine rings is 1. The third-order valence-corrected chi connectivity index (χ3v) is 1.94. The van der Waals surface area contributed by atoms with E-state index in [1.165, 1.54) is 0 Å². The molecule has 1 amide bonds. The summed E-state index contributed by atoms with van der Waals surface area (Å²) in [4.78, 5) is 18.3. The maximum absolute atomic E-state index is 11.3. The predicted molar refractivity (Wildman–Crippen MR) is 56.3 cm³/mol. The molecule has 2 aromatic rings. The van der Waals surface area contributed by atoms with Gasteiger partial charge in [0.1, 0.15) is 5.69 Å². The molecule has 2 rings (SSSR count). The molecular weight excluding hydrogens is 206 g/mol. The van der Waals surface area contributed by atoms with Crippen LogP contribution in [-0.4, -0.2) is 27.1 Å². The second-order valence-corrected chi connectivity index (χ2v) is 2.93. The van der Waals surface area contributed by atoms with E-state index in [2.05, 4.69) is 20.2 Å². The summed E-state index contributed by atoms with van der Waals surface area (Å²) in [5.74, 6) is -0.567. The Hall–Kier alpha value is -2.59. The Morgan fingerprint density at radius 1 is 1.44 bits per heavy atom. The van der Waals surface area contributed by atoms with E-state index in [0.29, 0.717) is 5.69 Å². The smallest absolute Gasteiger partial charge is 0.272 e. The van der Waals surface area contributed by atoms with Gasteiger partial charge < -0.3 is 0 Å². The summed E-state index contributed by atoms with van der Waals surface area (Å²) in [5.41, 5.74) is 1.71. The first-order valence-corrected chi connectivity index (χ1v) is 4.44. The summed E-state index contributed by atoms with van der Waals surface area (Å²) in [6, 6.07) is 6.81. The van der Waals surface area contributed by atoms with Gasteiger partial charge in [-0.3, -0.25) is 14.9 Å². The molecule has 0 aliphatic carbocycles. The van der Waals surface area contributed by atoms with E-state index in [-0.39, 0.29) is 5.69 Å². The molecule has 2 N–H and O–H groups in total. The number of carbonyl (C=O) groups excluding carboxylic acids is 1. The van der Waals surface area contributed by atoms with Crippen molar-refractivity contribution in [1.29, 1.82) is 5.41 Å². The van der Waals surface area contributed by atoms with Crippen LogP contribution in [-0.2, 0) is 0 Å². The molecule has 2 heterocycles. The van der Waals surface area contributed by atoms with Gasteiger partial charge in [0.15, 0.2) is 0 Å². The van der Waals surface area contributed by atoms with Crippen LogP contribution < -0.4 is 0 Å². The number of nitrogens with zero attached hydrogens (tertiary/aromatic N) is 3. The normalized spacial score (nSPS) is 9.50. The van der Waals surface area contributed by atoms with Crippen molar-refractivity contribution in [2.75, 3.05) is 0 Å². The van der Waals surface area contributed by atoms with E-state index in [1.54, 1.807) is 36.6 Å². The highest BCUT2D eigenvalue weighted by atomic mass is 16.1. The molecular formula is C10H7N5O. The quantitative estimate of drug-likeness (QED) is 0.737. The molecule has 2 aromatic heterocycles. The van der Waals surface area contributed by atoms with Gasteiger partial charge in [-0.2, -0.15) is 5.10 Å². The van der Waals surface area contributed by atoms with Crippen molar-refractivity contribution in [3.63, 3.8) is 0 Å². The lowest BCUT2D eigenvalue weighted by atomic mass is 10.2. The number of aromatic nitrogens is 3. The van der Waals surface area contributed by atoms with Crippen LogP contribution >= 0.6 is 0 Å². The second-order valence-electron chi connectivity index (χ2n) is 2.93. The first-order chi connectivity index (χ1) is 7.81. The zero-order chi connectivity index (χ0) is 11.4. The molecule has 0 aromatic carbocycles. The maximum atomic E-state index is 11.3. The highest BCUT2D eigenvalue weighted by Crippen LogP contribution is 2.16. The molecule has 0 saturated heterocycles. The zero-order valence-electron chi connectivity index (χ0n) is 8.14. The maximum Gasteiger partial charge on any atom is 0.304 e. The van der Waals surface area contributed by atoms with Crippen molar-refractivity contribution < 1.29 is 4.79 Å². The molecule has 0 fully saturated rings. The Kier molecular flexibility index (Phi) is 2.67. The van der Waals surface area contributed by atoms with Gasteiger partial charge in [0, 0.05) is 18.0 Å². The largest absolute Gasteiger partial charge is 0.304 e. The van der Waals surface area contributed by atoms with Crippen molar-refractivity contribution in [1.82, 2.24) is 15.2 Å². The van der Waals surface area contributed by atoms with E-state index < -0.39 is 5.91 Å². The average molecular weight is 213 g/mol. The summed E-state index contributed by atoms with van der Waals surface area (Å²) < 4.78 is 0. The lowest BCUT2D eigenvalue weighted by Crippen LogP contribution is -1.93. The first-order valence-electron chi connectivity index (χ1n) is 4.44. The number of nitrogens with one attached hydrogen (secondary N) is 2.